The molecule has 2 aliphatic rings. The number of hydrogen-bond donors (Lipinski definition) is 0. The third-order valence-electron chi connectivity index (χ3n) is 5.39. The van der Waals surface area contributed by atoms with Crippen LogP contribution in [0.5, 0.6) is 0 Å². The smallest absolute Gasteiger partial charge is 0.269 e. The van der Waals surface area contributed by atoms with E-state index >= 15 is 0 Å². The molecule has 25 heavy (non-hydrogen) atoms. The Morgan fingerprint density at radius 3 is 2.28 bits per heavy atom. The second-order valence-corrected chi connectivity index (χ2v) is 8.05. The van der Waals surface area contributed by atoms with Crippen molar-refractivity contribution in [2.45, 2.75) is 54.0 Å². The van der Waals surface area contributed by atoms with Crippen LogP contribution in [0.1, 0.15) is 43.7 Å². The molecule has 2 fully saturated rings. The van der Waals surface area contributed by atoms with Crippen LogP contribution < -0.4 is 0 Å². The molecular formula is C20H22N2O2S. The van der Waals surface area contributed by atoms with Gasteiger partial charge in [-0.3, -0.25) is 15.0 Å². The first-order valence-electron chi connectivity index (χ1n) is 8.99. The van der Waals surface area contributed by atoms with Crippen LogP contribution in [-0.4, -0.2) is 22.4 Å². The molecule has 0 saturated carbocycles. The van der Waals surface area contributed by atoms with Crippen LogP contribution in [0.3, 0.4) is 0 Å². The molecule has 4 rings (SSSR count). The van der Waals surface area contributed by atoms with Crippen LogP contribution in [0.25, 0.3) is 0 Å². The summed E-state index contributed by atoms with van der Waals surface area (Å²) in [5.74, 6) is 0. The summed E-state index contributed by atoms with van der Waals surface area (Å²) in [5, 5.41) is 10.7. The zero-order valence-electron chi connectivity index (χ0n) is 14.1. The molecule has 0 N–H and O–H groups in total. The number of fused-ring (bicyclic) bond motifs is 1. The van der Waals surface area contributed by atoms with Crippen LogP contribution in [0, 0.1) is 10.1 Å². The quantitative estimate of drug-likeness (QED) is 0.542. The second kappa shape index (κ2) is 7.18. The fourth-order valence-electron chi connectivity index (χ4n) is 4.15. The van der Waals surface area contributed by atoms with Crippen molar-refractivity contribution in [3.63, 3.8) is 0 Å². The molecule has 2 atom stereocenters. The zero-order valence-corrected chi connectivity index (χ0v) is 15.0. The van der Waals surface area contributed by atoms with Crippen molar-refractivity contribution in [3.8, 4) is 0 Å². The summed E-state index contributed by atoms with van der Waals surface area (Å²) < 4.78 is 0. The maximum absolute atomic E-state index is 10.7. The van der Waals surface area contributed by atoms with Crippen LogP contribution in [-0.2, 0) is 0 Å². The minimum Gasteiger partial charge on any atom is -0.293 e. The van der Waals surface area contributed by atoms with Gasteiger partial charge < -0.3 is 0 Å². The van der Waals surface area contributed by atoms with E-state index in [1.807, 2.05) is 12.1 Å². The van der Waals surface area contributed by atoms with Crippen molar-refractivity contribution < 1.29 is 4.92 Å². The Labute approximate surface area is 152 Å². The summed E-state index contributed by atoms with van der Waals surface area (Å²) >= 11 is 1.65. The molecule has 130 valence electrons. The summed E-state index contributed by atoms with van der Waals surface area (Å²) in [5.41, 5.74) is 1.56. The van der Waals surface area contributed by atoms with E-state index in [-0.39, 0.29) is 10.6 Å². The van der Waals surface area contributed by atoms with Crippen molar-refractivity contribution in [2.75, 3.05) is 6.54 Å². The Balaban J connectivity index is 1.44. The molecule has 2 aromatic rings. The second-order valence-electron chi connectivity index (χ2n) is 6.90. The molecule has 0 spiro atoms. The van der Waals surface area contributed by atoms with Crippen molar-refractivity contribution in [3.05, 3.63) is 64.2 Å². The van der Waals surface area contributed by atoms with Gasteiger partial charge in [0.2, 0.25) is 0 Å². The normalized spacial score (nSPS) is 23.4. The number of nitro groups is 1. The molecule has 2 aromatic carbocycles. The van der Waals surface area contributed by atoms with Gasteiger partial charge in [-0.2, -0.15) is 0 Å². The number of piperidine rings is 1. The molecule has 0 bridgehead atoms. The highest BCUT2D eigenvalue weighted by Gasteiger charge is 2.35. The summed E-state index contributed by atoms with van der Waals surface area (Å²) in [6.45, 7) is 1.24. The number of rotatable bonds is 4. The third-order valence-corrected chi connectivity index (χ3v) is 6.41. The average Bonchev–Trinajstić information content (AvgIpc) is 3.07. The molecule has 2 aliphatic heterocycles. The van der Waals surface area contributed by atoms with E-state index in [1.165, 1.54) is 49.1 Å². The van der Waals surface area contributed by atoms with Crippen LogP contribution >= 0.6 is 11.8 Å². The number of nitro benzene ring substituents is 1. The fourth-order valence-corrected chi connectivity index (χ4v) is 4.96. The summed E-state index contributed by atoms with van der Waals surface area (Å²) in [6, 6.07) is 17.0. The first-order valence-corrected chi connectivity index (χ1v) is 9.80. The topological polar surface area (TPSA) is 46.4 Å². The Bertz CT molecular complexity index is 745. The van der Waals surface area contributed by atoms with Crippen molar-refractivity contribution in [2.24, 2.45) is 0 Å². The average molecular weight is 354 g/mol. The van der Waals surface area contributed by atoms with E-state index in [4.69, 9.17) is 0 Å². The highest BCUT2D eigenvalue weighted by Crippen LogP contribution is 2.41. The maximum Gasteiger partial charge on any atom is 0.269 e. The predicted molar refractivity (Wildman–Crippen MR) is 100.0 cm³/mol. The Morgan fingerprint density at radius 2 is 1.60 bits per heavy atom. The van der Waals surface area contributed by atoms with Gasteiger partial charge >= 0.3 is 0 Å². The zero-order chi connectivity index (χ0) is 17.2. The summed E-state index contributed by atoms with van der Waals surface area (Å²) in [7, 11) is 0. The highest BCUT2D eigenvalue weighted by molar-refractivity contribution is 7.99. The molecule has 0 aromatic heterocycles. The summed E-state index contributed by atoms with van der Waals surface area (Å²) in [4.78, 5) is 15.3. The minimum absolute atomic E-state index is 0.136. The lowest BCUT2D eigenvalue weighted by molar-refractivity contribution is -0.384. The van der Waals surface area contributed by atoms with Gasteiger partial charge in [-0.05, 0) is 62.1 Å². The van der Waals surface area contributed by atoms with Gasteiger partial charge in [-0.15, -0.1) is 0 Å². The predicted octanol–water partition coefficient (Wildman–Crippen LogP) is 5.44. The molecule has 2 heterocycles. The monoisotopic (exact) mass is 354 g/mol. The Kier molecular flexibility index (Phi) is 4.77. The molecule has 4 nitrogen and oxygen atoms in total. The number of benzene rings is 2. The van der Waals surface area contributed by atoms with Gasteiger partial charge in [0, 0.05) is 34.0 Å². The molecular weight excluding hydrogens is 332 g/mol. The number of non-ortho nitro benzene ring substituents is 1. The van der Waals surface area contributed by atoms with Crippen LogP contribution in [0.4, 0.5) is 5.69 Å². The van der Waals surface area contributed by atoms with Gasteiger partial charge in [0.15, 0.2) is 0 Å². The minimum atomic E-state index is -0.362. The van der Waals surface area contributed by atoms with E-state index in [0.29, 0.717) is 6.04 Å². The first-order chi connectivity index (χ1) is 12.2. The van der Waals surface area contributed by atoms with E-state index in [0.717, 1.165) is 10.9 Å². The molecule has 5 heteroatoms. The van der Waals surface area contributed by atoms with E-state index in [1.54, 1.807) is 23.9 Å². The highest BCUT2D eigenvalue weighted by atomic mass is 32.2. The SMILES string of the molecule is O=[N+]([O-])c1ccc(Sc2ccc([C@H]3CC[C@H]4CCCCN43)cc2)cc1. The maximum atomic E-state index is 10.7. The van der Waals surface area contributed by atoms with Gasteiger partial charge in [-0.25, -0.2) is 0 Å². The van der Waals surface area contributed by atoms with E-state index in [9.17, 15) is 10.1 Å². The lowest BCUT2D eigenvalue weighted by Crippen LogP contribution is -2.35. The van der Waals surface area contributed by atoms with Crippen LogP contribution in [0.15, 0.2) is 58.3 Å². The molecule has 0 aliphatic carbocycles. The van der Waals surface area contributed by atoms with Crippen molar-refractivity contribution in [1.29, 1.82) is 0 Å². The van der Waals surface area contributed by atoms with E-state index in [2.05, 4.69) is 29.2 Å². The molecule has 0 unspecified atom stereocenters. The lowest BCUT2D eigenvalue weighted by atomic mass is 10.0. The first kappa shape index (κ1) is 16.6. The largest absolute Gasteiger partial charge is 0.293 e. The van der Waals surface area contributed by atoms with Crippen molar-refractivity contribution >= 4 is 17.4 Å². The van der Waals surface area contributed by atoms with Gasteiger partial charge in [0.1, 0.15) is 0 Å². The Morgan fingerprint density at radius 1 is 0.920 bits per heavy atom. The van der Waals surface area contributed by atoms with Crippen molar-refractivity contribution in [1.82, 2.24) is 4.90 Å². The lowest BCUT2D eigenvalue weighted by Gasteiger charge is -2.34. The summed E-state index contributed by atoms with van der Waals surface area (Å²) in [6.07, 6.45) is 6.70. The molecule has 0 radical (unpaired) electrons. The molecule has 2 saturated heterocycles. The Hall–Kier alpha value is -1.85. The standard InChI is InChI=1S/C20H22N2O2S/c23-22(24)17-6-11-19(12-7-17)25-18-9-4-15(5-10-18)20-13-8-16-3-1-2-14-21(16)20/h4-7,9-12,16,20H,1-3,8,13-14H2/t16-,20-/m1/s1. The third kappa shape index (κ3) is 3.58. The number of nitrogens with zero attached hydrogens (tertiary/aromatic N) is 2. The fraction of sp³-hybridized carbons (Fsp3) is 0.400. The van der Waals surface area contributed by atoms with Gasteiger partial charge in [0.05, 0.1) is 4.92 Å². The van der Waals surface area contributed by atoms with Gasteiger partial charge in [-0.1, -0.05) is 30.3 Å². The van der Waals surface area contributed by atoms with Crippen LogP contribution in [0.2, 0.25) is 0 Å². The van der Waals surface area contributed by atoms with Gasteiger partial charge in [0.25, 0.3) is 5.69 Å². The van der Waals surface area contributed by atoms with E-state index < -0.39 is 0 Å². The molecule has 0 amide bonds. The number of hydrogen-bond acceptors (Lipinski definition) is 4.